The van der Waals surface area contributed by atoms with Crippen molar-refractivity contribution in [2.24, 2.45) is 4.99 Å². The Morgan fingerprint density at radius 1 is 1.04 bits per heavy atom. The standard InChI is InChI=1S/C19H21F4N3O.HI/c1-11-4-5-12(8-16(11)27-3)6-7-25-19(24-2)26-10-13-17(22)14(20)9-15(21)18(13)23;/h4-5,8-9H,6-7,10H2,1-3H3,(H2,24,25,26);1H. The van der Waals surface area contributed by atoms with Gasteiger partial charge in [0, 0.05) is 31.8 Å². The zero-order chi connectivity index (χ0) is 20.0. The van der Waals surface area contributed by atoms with Crippen molar-refractivity contribution in [3.05, 3.63) is 64.2 Å². The molecular formula is C19H22F4IN3O. The van der Waals surface area contributed by atoms with Crippen molar-refractivity contribution in [3.8, 4) is 5.75 Å². The lowest BCUT2D eigenvalue weighted by Gasteiger charge is -2.14. The molecule has 0 fully saturated rings. The fourth-order valence-corrected chi connectivity index (χ4v) is 2.52. The topological polar surface area (TPSA) is 45.7 Å². The van der Waals surface area contributed by atoms with E-state index in [0.717, 1.165) is 16.9 Å². The number of methoxy groups -OCH3 is 1. The molecule has 0 bridgehead atoms. The van der Waals surface area contributed by atoms with Crippen molar-refractivity contribution < 1.29 is 22.3 Å². The van der Waals surface area contributed by atoms with Crippen molar-refractivity contribution in [1.29, 1.82) is 0 Å². The van der Waals surface area contributed by atoms with Crippen LogP contribution in [-0.4, -0.2) is 26.7 Å². The molecule has 0 unspecified atom stereocenters. The summed E-state index contributed by atoms with van der Waals surface area (Å²) in [6, 6.07) is 6.02. The Morgan fingerprint density at radius 2 is 1.68 bits per heavy atom. The van der Waals surface area contributed by atoms with Crippen LogP contribution < -0.4 is 15.4 Å². The van der Waals surface area contributed by atoms with Crippen molar-refractivity contribution in [2.75, 3.05) is 20.7 Å². The maximum Gasteiger partial charge on any atom is 0.191 e. The smallest absolute Gasteiger partial charge is 0.191 e. The van der Waals surface area contributed by atoms with Crippen LogP contribution in [0, 0.1) is 30.2 Å². The van der Waals surface area contributed by atoms with Gasteiger partial charge in [-0.1, -0.05) is 12.1 Å². The van der Waals surface area contributed by atoms with Crippen LogP contribution >= 0.6 is 24.0 Å². The van der Waals surface area contributed by atoms with Gasteiger partial charge >= 0.3 is 0 Å². The third-order valence-electron chi connectivity index (χ3n) is 4.04. The van der Waals surface area contributed by atoms with Crippen LogP contribution in [0.25, 0.3) is 0 Å². The Hall–Kier alpha value is -2.04. The molecule has 154 valence electrons. The van der Waals surface area contributed by atoms with Crippen LogP contribution in [0.3, 0.4) is 0 Å². The molecule has 2 aromatic rings. The van der Waals surface area contributed by atoms with Crippen molar-refractivity contribution in [3.63, 3.8) is 0 Å². The Balaban J connectivity index is 0.00000392. The Bertz CT molecular complexity index is 820. The van der Waals surface area contributed by atoms with E-state index in [9.17, 15) is 17.6 Å². The highest BCUT2D eigenvalue weighted by atomic mass is 127. The molecule has 2 aromatic carbocycles. The van der Waals surface area contributed by atoms with E-state index in [1.807, 2.05) is 25.1 Å². The minimum Gasteiger partial charge on any atom is -0.496 e. The van der Waals surface area contributed by atoms with Gasteiger partial charge in [-0.2, -0.15) is 0 Å². The first-order valence-electron chi connectivity index (χ1n) is 8.27. The normalized spacial score (nSPS) is 11.0. The first-order valence-corrected chi connectivity index (χ1v) is 8.27. The molecule has 0 radical (unpaired) electrons. The van der Waals surface area contributed by atoms with Crippen molar-refractivity contribution >= 4 is 29.9 Å². The molecule has 0 spiro atoms. The van der Waals surface area contributed by atoms with Crippen LogP contribution in [0.4, 0.5) is 17.6 Å². The van der Waals surface area contributed by atoms with Gasteiger partial charge in [-0.3, -0.25) is 4.99 Å². The molecule has 4 nitrogen and oxygen atoms in total. The molecule has 0 amide bonds. The molecule has 2 N–H and O–H groups in total. The molecule has 9 heteroatoms. The number of ether oxygens (including phenoxy) is 1. The summed E-state index contributed by atoms with van der Waals surface area (Å²) in [6.45, 7) is 1.97. The molecule has 0 saturated heterocycles. The number of benzene rings is 2. The molecular weight excluding hydrogens is 489 g/mol. The number of nitrogens with zero attached hydrogens (tertiary/aromatic N) is 1. The first-order chi connectivity index (χ1) is 12.9. The number of guanidine groups is 1. The lowest BCUT2D eigenvalue weighted by Crippen LogP contribution is -2.38. The highest BCUT2D eigenvalue weighted by molar-refractivity contribution is 14.0. The predicted molar refractivity (Wildman–Crippen MR) is 111 cm³/mol. The third kappa shape index (κ3) is 5.98. The molecule has 28 heavy (non-hydrogen) atoms. The van der Waals surface area contributed by atoms with E-state index >= 15 is 0 Å². The summed E-state index contributed by atoms with van der Waals surface area (Å²) in [6.07, 6.45) is 0.647. The van der Waals surface area contributed by atoms with E-state index in [-0.39, 0.29) is 36.0 Å². The first kappa shape index (κ1) is 24.0. The van der Waals surface area contributed by atoms with Crippen molar-refractivity contribution in [1.82, 2.24) is 10.6 Å². The average molecular weight is 511 g/mol. The lowest BCUT2D eigenvalue weighted by molar-refractivity contribution is 0.411. The monoisotopic (exact) mass is 511 g/mol. The Morgan fingerprint density at radius 3 is 2.25 bits per heavy atom. The van der Waals surface area contributed by atoms with Crippen LogP contribution in [-0.2, 0) is 13.0 Å². The molecule has 0 saturated carbocycles. The molecule has 0 aromatic heterocycles. The molecule has 0 atom stereocenters. The highest BCUT2D eigenvalue weighted by Gasteiger charge is 2.19. The highest BCUT2D eigenvalue weighted by Crippen LogP contribution is 2.20. The summed E-state index contributed by atoms with van der Waals surface area (Å²) >= 11 is 0. The summed E-state index contributed by atoms with van der Waals surface area (Å²) < 4.78 is 59.1. The fraction of sp³-hybridized carbons (Fsp3) is 0.316. The van der Waals surface area contributed by atoms with E-state index in [1.54, 1.807) is 7.11 Å². The maximum absolute atomic E-state index is 13.7. The van der Waals surface area contributed by atoms with Gasteiger partial charge in [0.2, 0.25) is 0 Å². The largest absolute Gasteiger partial charge is 0.496 e. The average Bonchev–Trinajstić information content (AvgIpc) is 2.66. The quantitative estimate of drug-likeness (QED) is 0.202. The van der Waals surface area contributed by atoms with E-state index < -0.39 is 35.4 Å². The zero-order valence-electron chi connectivity index (χ0n) is 15.7. The van der Waals surface area contributed by atoms with Gasteiger partial charge in [0.1, 0.15) is 5.75 Å². The second kappa shape index (κ2) is 11.1. The number of aryl methyl sites for hydroxylation is 1. The molecule has 0 aliphatic heterocycles. The number of aliphatic imine (C=N–C) groups is 1. The molecule has 0 aliphatic rings. The summed E-state index contributed by atoms with van der Waals surface area (Å²) in [5.74, 6) is -4.71. The number of nitrogens with one attached hydrogen (secondary N) is 2. The number of rotatable bonds is 6. The van der Waals surface area contributed by atoms with E-state index in [4.69, 9.17) is 4.74 Å². The second-order valence-electron chi connectivity index (χ2n) is 5.85. The van der Waals surface area contributed by atoms with Gasteiger partial charge in [0.25, 0.3) is 0 Å². The van der Waals surface area contributed by atoms with E-state index in [0.29, 0.717) is 13.0 Å². The van der Waals surface area contributed by atoms with Gasteiger partial charge in [-0.05, 0) is 30.5 Å². The molecule has 0 heterocycles. The van der Waals surface area contributed by atoms with E-state index in [1.165, 1.54) is 7.05 Å². The van der Waals surface area contributed by atoms with Crippen LogP contribution in [0.2, 0.25) is 0 Å². The van der Waals surface area contributed by atoms with Gasteiger partial charge in [-0.15, -0.1) is 24.0 Å². The summed E-state index contributed by atoms with van der Waals surface area (Å²) in [4.78, 5) is 3.92. The van der Waals surface area contributed by atoms with Gasteiger partial charge in [0.15, 0.2) is 29.2 Å². The van der Waals surface area contributed by atoms with Gasteiger partial charge in [0.05, 0.1) is 7.11 Å². The zero-order valence-corrected chi connectivity index (χ0v) is 18.0. The summed E-state index contributed by atoms with van der Waals surface area (Å²) in [5.41, 5.74) is 1.33. The van der Waals surface area contributed by atoms with Crippen LogP contribution in [0.5, 0.6) is 5.75 Å². The molecule has 2 rings (SSSR count). The van der Waals surface area contributed by atoms with Gasteiger partial charge < -0.3 is 15.4 Å². The van der Waals surface area contributed by atoms with Crippen LogP contribution in [0.1, 0.15) is 16.7 Å². The predicted octanol–water partition coefficient (Wildman–Crippen LogP) is 4.09. The van der Waals surface area contributed by atoms with Crippen molar-refractivity contribution in [2.45, 2.75) is 19.9 Å². The fourth-order valence-electron chi connectivity index (χ4n) is 2.52. The Kier molecular flexibility index (Phi) is 9.50. The SMILES string of the molecule is CN=C(NCCc1ccc(C)c(OC)c1)NCc1c(F)c(F)cc(F)c1F.I. The lowest BCUT2D eigenvalue weighted by atomic mass is 10.1. The third-order valence-corrected chi connectivity index (χ3v) is 4.04. The second-order valence-corrected chi connectivity index (χ2v) is 5.85. The Labute approximate surface area is 178 Å². The minimum atomic E-state index is -1.44. The number of hydrogen-bond acceptors (Lipinski definition) is 2. The number of halogens is 5. The number of hydrogen-bond donors (Lipinski definition) is 2. The minimum absolute atomic E-state index is 0. The summed E-state index contributed by atoms with van der Waals surface area (Å²) in [5, 5.41) is 5.61. The molecule has 0 aliphatic carbocycles. The van der Waals surface area contributed by atoms with E-state index in [2.05, 4.69) is 15.6 Å². The van der Waals surface area contributed by atoms with Crippen LogP contribution in [0.15, 0.2) is 29.3 Å². The maximum atomic E-state index is 13.7. The summed E-state index contributed by atoms with van der Waals surface area (Å²) in [7, 11) is 3.08. The van der Waals surface area contributed by atoms with Gasteiger partial charge in [-0.25, -0.2) is 17.6 Å².